The molecule has 3 aliphatic heterocycles. The van der Waals surface area contributed by atoms with E-state index in [1.165, 1.54) is 0 Å². The Morgan fingerprint density at radius 3 is 1.20 bits per heavy atom. The molecule has 149 heavy (non-hydrogen) atoms. The van der Waals surface area contributed by atoms with Crippen molar-refractivity contribution in [2.75, 3.05) is 155 Å². The number of H-pyrrole nitrogens is 1. The molecule has 0 amide bonds. The summed E-state index contributed by atoms with van der Waals surface area (Å²) in [5, 5.41) is 3.86. The van der Waals surface area contributed by atoms with Crippen LogP contribution in [0.15, 0.2) is 121 Å². The van der Waals surface area contributed by atoms with Crippen LogP contribution in [0.25, 0.3) is 130 Å². The highest BCUT2D eigenvalue weighted by Crippen LogP contribution is 2.65. The van der Waals surface area contributed by atoms with E-state index in [4.69, 9.17) is 67.4 Å². The summed E-state index contributed by atoms with van der Waals surface area (Å²) in [6.45, 7) is 66.7. The first-order valence-corrected chi connectivity index (χ1v) is 59.1. The van der Waals surface area contributed by atoms with Crippen LogP contribution in [0.2, 0.25) is 0 Å². The lowest BCUT2D eigenvalue weighted by molar-refractivity contribution is -0.717. The maximum Gasteiger partial charge on any atom is 0.287 e. The van der Waals surface area contributed by atoms with Crippen LogP contribution in [-0.4, -0.2) is 208 Å². The van der Waals surface area contributed by atoms with Crippen molar-refractivity contribution >= 4 is 176 Å². The molecule has 0 unspecified atom stereocenters. The SMILES string of the molecule is CCN(C)CCCN1c2ccccc2Sc2c1c(OCCC(C)C)c1c3nc4nc(nc5c6c(OCCC(C)C)c7sc8ccccc8n(CCN(CC)CC)c7c(OCCC(C)C)c6c6nc7c8c(OCCC(C)C)c9sc%10ccccc%10n(CCN(CC)CC)c9c(OCCC(C)C)c8c(nc([nH]3)c1c2OCCC(C)C)[n+]7on56)-c1c(OCCC(C)C)c2c(c(OCCC(C)C)c1-4)Sc1ccccc1N2CCN(CC)CC. The number of hydrogen-bond acceptors (Lipinski definition) is 24. The maximum atomic E-state index is 8.62. The summed E-state index contributed by atoms with van der Waals surface area (Å²) in [5.74, 6) is 7.75. The molecule has 3 aliphatic rings. The molecule has 1 N–H and O–H groups in total. The first-order valence-electron chi connectivity index (χ1n) is 55.8. The van der Waals surface area contributed by atoms with E-state index in [-0.39, 0.29) is 47.3 Å². The van der Waals surface area contributed by atoms with E-state index in [9.17, 15) is 0 Å². The van der Waals surface area contributed by atoms with Crippen LogP contribution < -0.4 is 52.3 Å². The monoisotopic (exact) mass is 2100 g/mol. The van der Waals surface area contributed by atoms with Gasteiger partial charge in [0.15, 0.2) is 46.1 Å². The molecule has 8 aromatic carbocycles. The number of anilines is 4. The zero-order valence-electron chi connectivity index (χ0n) is 93.0. The highest BCUT2D eigenvalue weighted by atomic mass is 32.2. The smallest absolute Gasteiger partial charge is 0.287 e. The van der Waals surface area contributed by atoms with Crippen molar-refractivity contribution < 1.29 is 47.1 Å². The van der Waals surface area contributed by atoms with E-state index in [1.54, 1.807) is 46.2 Å². The van der Waals surface area contributed by atoms with Gasteiger partial charge in [-0.05, 0) is 222 Å². The molecular formula is C120H161N16O9S4+. The quantitative estimate of drug-likeness (QED) is 0.0278. The molecular weight excluding hydrogens is 1940 g/mol. The summed E-state index contributed by atoms with van der Waals surface area (Å²) >= 11 is 6.88. The average molecular weight is 2100 g/mol. The first-order chi connectivity index (χ1) is 72.2. The molecule has 0 radical (unpaired) electrons. The van der Waals surface area contributed by atoms with Gasteiger partial charge in [-0.15, -0.1) is 27.7 Å². The predicted molar refractivity (Wildman–Crippen MR) is 621 cm³/mol. The summed E-state index contributed by atoms with van der Waals surface area (Å²) in [7, 11) is 2.21. The second kappa shape index (κ2) is 48.2. The van der Waals surface area contributed by atoms with Crippen molar-refractivity contribution in [1.29, 1.82) is 0 Å². The number of para-hydroxylation sites is 4. The van der Waals surface area contributed by atoms with Crippen molar-refractivity contribution in [3.8, 4) is 68.8 Å². The summed E-state index contributed by atoms with van der Waals surface area (Å²) < 4.78 is 85.2. The Morgan fingerprint density at radius 2 is 0.711 bits per heavy atom. The van der Waals surface area contributed by atoms with Crippen molar-refractivity contribution in [2.45, 2.75) is 250 Å². The van der Waals surface area contributed by atoms with Crippen molar-refractivity contribution in [2.24, 2.45) is 47.3 Å². The van der Waals surface area contributed by atoms with Crippen LogP contribution in [0.5, 0.6) is 46.0 Å². The van der Waals surface area contributed by atoms with E-state index in [1.807, 2.05) is 9.15 Å². The highest BCUT2D eigenvalue weighted by molar-refractivity contribution is 8.00. The number of ether oxygens (including phenoxy) is 8. The fourth-order valence-electron chi connectivity index (χ4n) is 20.4. The number of likely N-dealkylation sites (N-methyl/N-ethyl adjacent to an activating group) is 3. The van der Waals surface area contributed by atoms with Crippen molar-refractivity contribution in [3.63, 3.8) is 0 Å². The summed E-state index contributed by atoms with van der Waals surface area (Å²) in [5.41, 5.74) is 11.4. The topological polar surface area (TPSA) is 205 Å². The zero-order valence-corrected chi connectivity index (χ0v) is 96.3. The molecule has 0 spiro atoms. The number of aromatic amines is 1. The summed E-state index contributed by atoms with van der Waals surface area (Å²) in [6, 6.07) is 35.4. The molecule has 0 saturated heterocycles. The van der Waals surface area contributed by atoms with Gasteiger partial charge in [0.2, 0.25) is 11.3 Å². The standard InChI is InChI=1S/C120H160N16O9S4/c1-25-127(24)57-40-58-131-81-41-32-36-45-85(81)146-109-97(131)101(137-65-49-73(8)9)89-92(106(109)142-70-54-78(18)19)116-122-113(89)121-114-91-90(102(138-66-50-74(10)11)98-110(105(91)141-69-53-77(16)17)147-86-46-37-33-42-82(86)132(98)62-59-128(26-2)27-3)115(123-114)124-118-95-94(104(140-68-52-76(14)15)100-111(107(95)143-71-55-79(20)21)148-87-47-38-35-44-84(87)134(100)64-61-130(30-6)31-7)119-126-120-96-93(117(125-116)135(120)145-136(118)119)103(139-67-51-75(12)13)99-112(108(96)144-72-56-80(22)23)149-88-48-39-34-43-83(88)133(99)63-60-129(28-4)29-5/h32-39,41-48,73-80H,25-31,40,49-72H2,1-24H3/p+1. The minimum Gasteiger partial charge on any atom is -0.492 e. The molecule has 6 bridgehead atoms. The lowest BCUT2D eigenvalue weighted by Gasteiger charge is -2.37. The number of nitrogens with one attached hydrogen (secondary N) is 1. The van der Waals surface area contributed by atoms with Gasteiger partial charge in [0.1, 0.15) is 55.7 Å². The van der Waals surface area contributed by atoms with Crippen LogP contribution in [0, 0.1) is 47.3 Å². The molecule has 29 heteroatoms. The van der Waals surface area contributed by atoms with Gasteiger partial charge in [-0.2, -0.15) is 9.61 Å². The normalized spacial score (nSPS) is 13.1. The molecule has 0 fully saturated rings. The molecule has 0 saturated carbocycles. The summed E-state index contributed by atoms with van der Waals surface area (Å²) in [4.78, 5) is 55.5. The van der Waals surface area contributed by atoms with Gasteiger partial charge in [-0.1, -0.05) is 236 Å². The zero-order chi connectivity index (χ0) is 105. The van der Waals surface area contributed by atoms with Crippen molar-refractivity contribution in [1.82, 2.24) is 63.2 Å². The minimum atomic E-state index is 0.259. The fourth-order valence-corrected chi connectivity index (χ4v) is 25.2. The first kappa shape index (κ1) is 108. The number of hydrogen-bond donors (Lipinski definition) is 1. The molecule has 7 aromatic heterocycles. The lowest BCUT2D eigenvalue weighted by atomic mass is 10.0. The Kier molecular flexibility index (Phi) is 35.0. The Balaban J connectivity index is 1.18. The van der Waals surface area contributed by atoms with E-state index < -0.39 is 0 Å². The van der Waals surface area contributed by atoms with Gasteiger partial charge in [-0.25, -0.2) is 9.97 Å². The van der Waals surface area contributed by atoms with Gasteiger partial charge < -0.3 is 81.4 Å². The van der Waals surface area contributed by atoms with Crippen LogP contribution in [0.1, 0.15) is 217 Å². The van der Waals surface area contributed by atoms with Gasteiger partial charge in [0.25, 0.3) is 16.9 Å². The molecule has 798 valence electrons. The Labute approximate surface area is 897 Å². The van der Waals surface area contributed by atoms with Gasteiger partial charge in [-0.3, -0.25) is 0 Å². The fraction of sp³-hybridized carbons (Fsp3) is 0.533. The second-order valence-electron chi connectivity index (χ2n) is 43.8. The van der Waals surface area contributed by atoms with E-state index in [0.29, 0.717) is 214 Å². The molecule has 25 nitrogen and oxygen atoms in total. The van der Waals surface area contributed by atoms with E-state index >= 15 is 0 Å². The van der Waals surface area contributed by atoms with Crippen LogP contribution >= 0.6 is 46.2 Å². The highest BCUT2D eigenvalue weighted by Gasteiger charge is 2.45. The molecule has 18 rings (SSSR count). The molecule has 15 aromatic rings. The second-order valence-corrected chi connectivity index (χ2v) is 48.0. The maximum absolute atomic E-state index is 8.62. The van der Waals surface area contributed by atoms with Gasteiger partial charge >= 0.3 is 0 Å². The molecule has 10 heterocycles. The number of benzene rings is 8. The number of aromatic nitrogens is 10. The Bertz CT molecular complexity index is 7430. The third kappa shape index (κ3) is 22.3. The average Bonchev–Trinajstić information content (AvgIpc) is 1.52. The van der Waals surface area contributed by atoms with Crippen LogP contribution in [0.4, 0.5) is 22.7 Å². The minimum absolute atomic E-state index is 0.259. The van der Waals surface area contributed by atoms with Gasteiger partial charge in [0.05, 0.1) is 131 Å². The molecule has 0 aliphatic carbocycles. The Hall–Kier alpha value is -10.5. The van der Waals surface area contributed by atoms with E-state index in [2.05, 4.69) is 307 Å². The third-order valence-corrected chi connectivity index (χ3v) is 34.2. The lowest BCUT2D eigenvalue weighted by Crippen LogP contribution is -2.34. The van der Waals surface area contributed by atoms with Crippen molar-refractivity contribution in [3.05, 3.63) is 97.1 Å². The van der Waals surface area contributed by atoms with Gasteiger partial charge in [0, 0.05) is 55.6 Å². The van der Waals surface area contributed by atoms with Crippen LogP contribution in [-0.2, 0) is 13.1 Å². The number of nitrogens with zero attached hydrogens (tertiary/aromatic N) is 15. The third-order valence-electron chi connectivity index (χ3n) is 29.6. The van der Waals surface area contributed by atoms with Crippen LogP contribution in [0.3, 0.4) is 0 Å². The number of rotatable bonds is 52. The Morgan fingerprint density at radius 1 is 0.349 bits per heavy atom. The molecule has 0 atom stereocenters. The summed E-state index contributed by atoms with van der Waals surface area (Å²) in [6.07, 6.45) is 6.77. The largest absolute Gasteiger partial charge is 0.492 e. The van der Waals surface area contributed by atoms with E-state index in [0.717, 1.165) is 213 Å². The predicted octanol–water partition coefficient (Wildman–Crippen LogP) is 29.5. The number of fused-ring (bicyclic) bond motifs is 24.